The predicted octanol–water partition coefficient (Wildman–Crippen LogP) is 1.50. The summed E-state index contributed by atoms with van der Waals surface area (Å²) < 4.78 is 25.2. The van der Waals surface area contributed by atoms with Crippen LogP contribution in [0.3, 0.4) is 0 Å². The van der Waals surface area contributed by atoms with E-state index in [2.05, 4.69) is 4.98 Å². The van der Waals surface area contributed by atoms with E-state index in [9.17, 15) is 23.7 Å². The number of halogens is 2. The largest absolute Gasteiger partial charge is 0.478 e. The number of carboxylic acids is 1. The minimum absolute atomic E-state index is 0.433. The minimum atomic E-state index is -3.32. The Morgan fingerprint density at radius 1 is 1.65 bits per heavy atom. The van der Waals surface area contributed by atoms with Crippen molar-refractivity contribution in [2.45, 2.75) is 6.43 Å². The highest BCUT2D eigenvalue weighted by Gasteiger charge is 2.30. The number of hydrogen-bond donors (Lipinski definition) is 1. The summed E-state index contributed by atoms with van der Waals surface area (Å²) in [6, 6.07) is 1.17. The number of nitrogens with zero attached hydrogens (tertiary/aromatic N) is 3. The fraction of sp³-hybridized carbons (Fsp3) is 0.125. The standard InChI is InChI=1S/C8H3F2N3O4/c9-6(10)5-3(1-11)7(13(16)17)12-2-4(5)8(14)15/h2,6H,(H,14,15). The Morgan fingerprint density at radius 2 is 2.24 bits per heavy atom. The van der Waals surface area contributed by atoms with E-state index in [0.29, 0.717) is 6.20 Å². The number of nitriles is 1. The first kappa shape index (κ1) is 12.4. The fourth-order valence-corrected chi connectivity index (χ4v) is 1.16. The van der Waals surface area contributed by atoms with Crippen molar-refractivity contribution in [1.29, 1.82) is 5.26 Å². The Morgan fingerprint density at radius 3 is 2.59 bits per heavy atom. The van der Waals surface area contributed by atoms with Gasteiger partial charge in [0.05, 0.1) is 5.56 Å². The molecule has 0 saturated heterocycles. The molecule has 0 spiro atoms. The van der Waals surface area contributed by atoms with Crippen molar-refractivity contribution in [2.75, 3.05) is 0 Å². The Labute approximate surface area is 92.1 Å². The molecule has 0 bridgehead atoms. The van der Waals surface area contributed by atoms with E-state index in [-0.39, 0.29) is 0 Å². The summed E-state index contributed by atoms with van der Waals surface area (Å²) in [5.41, 5.74) is -3.16. The molecule has 9 heteroatoms. The average Bonchev–Trinajstić information content (AvgIpc) is 2.26. The maximum atomic E-state index is 12.6. The van der Waals surface area contributed by atoms with Crippen LogP contribution in [-0.2, 0) is 0 Å². The van der Waals surface area contributed by atoms with Crippen LogP contribution in [0, 0.1) is 21.4 Å². The first-order valence-electron chi connectivity index (χ1n) is 3.99. The van der Waals surface area contributed by atoms with Crippen molar-refractivity contribution < 1.29 is 23.6 Å². The molecule has 0 aliphatic rings. The van der Waals surface area contributed by atoms with Gasteiger partial charge >= 0.3 is 11.8 Å². The van der Waals surface area contributed by atoms with Gasteiger partial charge in [0.1, 0.15) is 11.6 Å². The molecular formula is C8H3F2N3O4. The molecule has 0 aliphatic carbocycles. The van der Waals surface area contributed by atoms with E-state index in [1.54, 1.807) is 0 Å². The molecule has 1 heterocycles. The minimum Gasteiger partial charge on any atom is -0.478 e. The quantitative estimate of drug-likeness (QED) is 0.634. The zero-order valence-electron chi connectivity index (χ0n) is 7.92. The number of pyridine rings is 1. The van der Waals surface area contributed by atoms with Crippen molar-refractivity contribution in [1.82, 2.24) is 4.98 Å². The van der Waals surface area contributed by atoms with Crippen LogP contribution in [0.2, 0.25) is 0 Å². The monoisotopic (exact) mass is 243 g/mol. The molecule has 0 unspecified atom stereocenters. The lowest BCUT2D eigenvalue weighted by molar-refractivity contribution is -0.389. The highest BCUT2D eigenvalue weighted by Crippen LogP contribution is 2.30. The lowest BCUT2D eigenvalue weighted by Crippen LogP contribution is -2.09. The molecular weight excluding hydrogens is 240 g/mol. The van der Waals surface area contributed by atoms with Crippen molar-refractivity contribution in [2.24, 2.45) is 0 Å². The van der Waals surface area contributed by atoms with E-state index < -0.39 is 39.8 Å². The second-order valence-electron chi connectivity index (χ2n) is 2.76. The van der Waals surface area contributed by atoms with E-state index in [4.69, 9.17) is 10.4 Å². The van der Waals surface area contributed by atoms with Gasteiger partial charge in [-0.05, 0) is 9.91 Å². The smallest absolute Gasteiger partial charge is 0.381 e. The Hall–Kier alpha value is -2.63. The summed E-state index contributed by atoms with van der Waals surface area (Å²) in [6.07, 6.45) is -2.89. The molecule has 0 fully saturated rings. The molecule has 0 atom stereocenters. The van der Waals surface area contributed by atoms with E-state index in [1.807, 2.05) is 0 Å². The number of carboxylic acid groups (broad SMARTS) is 1. The molecule has 17 heavy (non-hydrogen) atoms. The molecule has 1 rings (SSSR count). The SMILES string of the molecule is N#Cc1c([N+](=O)[O-])ncc(C(=O)O)c1C(F)F. The summed E-state index contributed by atoms with van der Waals surface area (Å²) in [7, 11) is 0. The van der Waals surface area contributed by atoms with Crippen LogP contribution >= 0.6 is 0 Å². The van der Waals surface area contributed by atoms with Gasteiger partial charge in [-0.1, -0.05) is 0 Å². The van der Waals surface area contributed by atoms with Crippen LogP contribution in [0.1, 0.15) is 27.9 Å². The molecule has 0 saturated carbocycles. The lowest BCUT2D eigenvalue weighted by atomic mass is 10.0. The van der Waals surface area contributed by atoms with Gasteiger partial charge in [0.2, 0.25) is 0 Å². The van der Waals surface area contributed by atoms with Crippen molar-refractivity contribution in [3.63, 3.8) is 0 Å². The molecule has 1 N–H and O–H groups in total. The summed E-state index contributed by atoms with van der Waals surface area (Å²) in [4.78, 5) is 23.0. The number of rotatable bonds is 3. The van der Waals surface area contributed by atoms with Gasteiger partial charge in [0.15, 0.2) is 11.8 Å². The fourth-order valence-electron chi connectivity index (χ4n) is 1.16. The zero-order chi connectivity index (χ0) is 13.2. The predicted molar refractivity (Wildman–Crippen MR) is 47.5 cm³/mol. The van der Waals surface area contributed by atoms with Crippen LogP contribution < -0.4 is 0 Å². The van der Waals surface area contributed by atoms with Crippen LogP contribution in [0.5, 0.6) is 0 Å². The molecule has 1 aromatic rings. The Bertz CT molecular complexity index is 538. The van der Waals surface area contributed by atoms with Gasteiger partial charge in [-0.15, -0.1) is 0 Å². The number of aromatic nitrogens is 1. The molecule has 0 radical (unpaired) electrons. The van der Waals surface area contributed by atoms with Crippen molar-refractivity contribution in [3.8, 4) is 6.07 Å². The number of alkyl halides is 2. The second-order valence-corrected chi connectivity index (χ2v) is 2.76. The van der Waals surface area contributed by atoms with Crippen molar-refractivity contribution >= 4 is 11.8 Å². The van der Waals surface area contributed by atoms with Crippen molar-refractivity contribution in [3.05, 3.63) is 33.0 Å². The van der Waals surface area contributed by atoms with E-state index >= 15 is 0 Å². The Balaban J connectivity index is 3.69. The molecule has 88 valence electrons. The van der Waals surface area contributed by atoms with E-state index in [0.717, 1.165) is 0 Å². The summed E-state index contributed by atoms with van der Waals surface area (Å²) in [5, 5.41) is 27.6. The van der Waals surface area contributed by atoms with E-state index in [1.165, 1.54) is 6.07 Å². The highest BCUT2D eigenvalue weighted by atomic mass is 19.3. The zero-order valence-corrected chi connectivity index (χ0v) is 7.92. The molecule has 1 aromatic heterocycles. The average molecular weight is 243 g/mol. The van der Waals surface area contributed by atoms with Gasteiger partial charge in [0.25, 0.3) is 6.43 Å². The van der Waals surface area contributed by atoms with Gasteiger partial charge < -0.3 is 15.2 Å². The summed E-state index contributed by atoms with van der Waals surface area (Å²) >= 11 is 0. The van der Waals surface area contributed by atoms with Crippen LogP contribution in [0.25, 0.3) is 0 Å². The van der Waals surface area contributed by atoms with Gasteiger partial charge in [-0.2, -0.15) is 5.26 Å². The third-order valence-corrected chi connectivity index (χ3v) is 1.83. The number of carbonyl (C=O) groups is 1. The van der Waals surface area contributed by atoms with Gasteiger partial charge in [-0.3, -0.25) is 0 Å². The van der Waals surface area contributed by atoms with Crippen LogP contribution in [0.15, 0.2) is 6.20 Å². The third-order valence-electron chi connectivity index (χ3n) is 1.83. The topological polar surface area (TPSA) is 117 Å². The summed E-state index contributed by atoms with van der Waals surface area (Å²) in [6.45, 7) is 0. The van der Waals surface area contributed by atoms with Crippen LogP contribution in [-0.4, -0.2) is 21.0 Å². The maximum absolute atomic E-state index is 12.6. The first-order valence-corrected chi connectivity index (χ1v) is 3.99. The highest BCUT2D eigenvalue weighted by molar-refractivity contribution is 5.90. The maximum Gasteiger partial charge on any atom is 0.381 e. The van der Waals surface area contributed by atoms with Gasteiger partial charge in [-0.25, -0.2) is 13.6 Å². The molecule has 0 amide bonds. The van der Waals surface area contributed by atoms with Crippen LogP contribution in [0.4, 0.5) is 14.6 Å². The normalized spacial score (nSPS) is 10.0. The number of nitro groups is 1. The third kappa shape index (κ3) is 2.15. The Kier molecular flexibility index (Phi) is 3.28. The lowest BCUT2D eigenvalue weighted by Gasteiger charge is -2.05. The second kappa shape index (κ2) is 4.48. The number of aromatic carboxylic acids is 1. The number of hydrogen-bond acceptors (Lipinski definition) is 5. The molecule has 0 aromatic carbocycles. The first-order chi connectivity index (χ1) is 7.90. The van der Waals surface area contributed by atoms with Gasteiger partial charge in [0, 0.05) is 0 Å². The molecule has 0 aliphatic heterocycles. The summed E-state index contributed by atoms with van der Waals surface area (Å²) in [5.74, 6) is -2.83. The molecule has 7 nitrogen and oxygen atoms in total.